The third-order valence-electron chi connectivity index (χ3n) is 2.50. The second-order valence-corrected chi connectivity index (χ2v) is 5.38. The van der Waals surface area contributed by atoms with Gasteiger partial charge in [-0.05, 0) is 44.4 Å². The van der Waals surface area contributed by atoms with Crippen molar-refractivity contribution in [3.05, 3.63) is 39.1 Å². The average molecular weight is 309 g/mol. The molecule has 0 amide bonds. The Bertz CT molecular complexity index is 659. The van der Waals surface area contributed by atoms with Crippen LogP contribution in [-0.2, 0) is 6.54 Å². The van der Waals surface area contributed by atoms with Gasteiger partial charge in [0.2, 0.25) is 5.95 Å². The number of rotatable bonds is 2. The number of aromatic nitrogens is 3. The number of nitrogens with zero attached hydrogens (tertiary/aromatic N) is 3. The molecule has 3 heterocycles. The number of thiophene rings is 1. The molecule has 0 spiro atoms. The number of pyridine rings is 1. The number of imidazole rings is 1. The van der Waals surface area contributed by atoms with Crippen LogP contribution in [0.3, 0.4) is 0 Å². The van der Waals surface area contributed by atoms with Crippen molar-refractivity contribution in [2.75, 3.05) is 5.73 Å². The highest BCUT2D eigenvalue weighted by atomic mass is 79.9. The zero-order valence-electron chi connectivity index (χ0n) is 8.80. The van der Waals surface area contributed by atoms with Crippen LogP contribution in [0.2, 0.25) is 0 Å². The Kier molecular flexibility index (Phi) is 2.60. The number of anilines is 1. The molecule has 2 N–H and O–H groups in total. The van der Waals surface area contributed by atoms with Gasteiger partial charge < -0.3 is 5.73 Å². The average Bonchev–Trinajstić information content (AvgIpc) is 2.88. The number of hydrogen-bond acceptors (Lipinski definition) is 4. The van der Waals surface area contributed by atoms with E-state index >= 15 is 0 Å². The maximum Gasteiger partial charge on any atom is 0.202 e. The summed E-state index contributed by atoms with van der Waals surface area (Å²) in [7, 11) is 0. The minimum absolute atomic E-state index is 0.497. The molecule has 0 unspecified atom stereocenters. The fraction of sp³-hybridized carbons (Fsp3) is 0.0909. The lowest BCUT2D eigenvalue weighted by molar-refractivity contribution is 0.831. The molecule has 0 radical (unpaired) electrons. The normalized spacial score (nSPS) is 11.1. The van der Waals surface area contributed by atoms with Crippen molar-refractivity contribution in [3.8, 4) is 0 Å². The molecule has 0 atom stereocenters. The minimum atomic E-state index is 0.497. The van der Waals surface area contributed by atoms with Gasteiger partial charge in [-0.2, -0.15) is 11.3 Å². The fourth-order valence-electron chi connectivity index (χ4n) is 1.72. The molecule has 0 bridgehead atoms. The molecule has 0 saturated heterocycles. The number of nitrogens with two attached hydrogens (primary N) is 1. The minimum Gasteiger partial charge on any atom is -0.369 e. The summed E-state index contributed by atoms with van der Waals surface area (Å²) < 4.78 is 2.83. The smallest absolute Gasteiger partial charge is 0.202 e. The van der Waals surface area contributed by atoms with Crippen molar-refractivity contribution >= 4 is 44.4 Å². The van der Waals surface area contributed by atoms with Crippen LogP contribution in [0, 0.1) is 0 Å². The van der Waals surface area contributed by atoms with Gasteiger partial charge in [0.05, 0.1) is 6.54 Å². The highest BCUT2D eigenvalue weighted by Crippen LogP contribution is 2.21. The molecule has 6 heteroatoms. The molecule has 4 nitrogen and oxygen atoms in total. The first-order valence-electron chi connectivity index (χ1n) is 5.02. The maximum atomic E-state index is 5.92. The molecule has 0 aliphatic heterocycles. The Hall–Kier alpha value is -1.40. The Balaban J connectivity index is 2.12. The van der Waals surface area contributed by atoms with Gasteiger partial charge in [0.1, 0.15) is 5.52 Å². The lowest BCUT2D eigenvalue weighted by Gasteiger charge is -2.03. The van der Waals surface area contributed by atoms with Gasteiger partial charge in [0.15, 0.2) is 5.65 Å². The highest BCUT2D eigenvalue weighted by Gasteiger charge is 2.10. The predicted octanol–water partition coefficient (Wildman–Crippen LogP) is 2.89. The second-order valence-electron chi connectivity index (χ2n) is 3.68. The molecule has 17 heavy (non-hydrogen) atoms. The van der Waals surface area contributed by atoms with Gasteiger partial charge >= 0.3 is 0 Å². The van der Waals surface area contributed by atoms with Gasteiger partial charge in [0, 0.05) is 10.7 Å². The first-order valence-corrected chi connectivity index (χ1v) is 6.76. The van der Waals surface area contributed by atoms with Crippen LogP contribution < -0.4 is 5.73 Å². The van der Waals surface area contributed by atoms with Gasteiger partial charge in [-0.3, -0.25) is 4.57 Å². The van der Waals surface area contributed by atoms with E-state index in [1.807, 2.05) is 10.6 Å². The lowest BCUT2D eigenvalue weighted by Crippen LogP contribution is -2.04. The Labute approximate surface area is 110 Å². The van der Waals surface area contributed by atoms with Crippen molar-refractivity contribution in [3.63, 3.8) is 0 Å². The molecule has 3 aromatic rings. The van der Waals surface area contributed by atoms with Gasteiger partial charge in [0.25, 0.3) is 0 Å². The molecule has 0 saturated carbocycles. The summed E-state index contributed by atoms with van der Waals surface area (Å²) >= 11 is 5.05. The van der Waals surface area contributed by atoms with Crippen molar-refractivity contribution in [1.82, 2.24) is 14.5 Å². The van der Waals surface area contributed by atoms with Crippen LogP contribution in [0.4, 0.5) is 5.95 Å². The standard InChI is InChI=1S/C11H9BrN4S/c12-8-3-9-10(14-4-8)16(11(13)15-9)5-7-1-2-17-6-7/h1-4,6H,5H2,(H2,13,15). The van der Waals surface area contributed by atoms with Crippen LogP contribution in [0.15, 0.2) is 33.6 Å². The molecular weight excluding hydrogens is 300 g/mol. The summed E-state index contributed by atoms with van der Waals surface area (Å²) in [5.41, 5.74) is 8.76. The molecule has 0 aromatic carbocycles. The van der Waals surface area contributed by atoms with E-state index in [9.17, 15) is 0 Å². The van der Waals surface area contributed by atoms with E-state index in [-0.39, 0.29) is 0 Å². The summed E-state index contributed by atoms with van der Waals surface area (Å²) in [5.74, 6) is 0.497. The zero-order chi connectivity index (χ0) is 11.8. The third-order valence-corrected chi connectivity index (χ3v) is 3.67. The maximum absolute atomic E-state index is 5.92. The first kappa shape index (κ1) is 10.7. The van der Waals surface area contributed by atoms with E-state index in [1.54, 1.807) is 17.5 Å². The summed E-state index contributed by atoms with van der Waals surface area (Å²) in [6, 6.07) is 4.00. The van der Waals surface area contributed by atoms with Crippen molar-refractivity contribution < 1.29 is 0 Å². The molecule has 3 rings (SSSR count). The van der Waals surface area contributed by atoms with Crippen LogP contribution in [0.25, 0.3) is 11.2 Å². The predicted molar refractivity (Wildman–Crippen MR) is 73.1 cm³/mol. The lowest BCUT2D eigenvalue weighted by atomic mass is 10.3. The highest BCUT2D eigenvalue weighted by molar-refractivity contribution is 9.10. The van der Waals surface area contributed by atoms with Crippen molar-refractivity contribution in [2.24, 2.45) is 0 Å². The summed E-state index contributed by atoms with van der Waals surface area (Å²) in [4.78, 5) is 8.67. The number of nitrogen functional groups attached to an aromatic ring is 1. The van der Waals surface area contributed by atoms with E-state index in [0.29, 0.717) is 12.5 Å². The molecule has 0 fully saturated rings. The summed E-state index contributed by atoms with van der Waals surface area (Å²) in [5, 5.41) is 4.15. The van der Waals surface area contributed by atoms with Gasteiger partial charge in [-0.1, -0.05) is 0 Å². The summed E-state index contributed by atoms with van der Waals surface area (Å²) in [6.45, 7) is 0.709. The third kappa shape index (κ3) is 1.94. The van der Waals surface area contributed by atoms with Crippen LogP contribution in [-0.4, -0.2) is 14.5 Å². The van der Waals surface area contributed by atoms with E-state index in [4.69, 9.17) is 5.73 Å². The second kappa shape index (κ2) is 4.12. The van der Waals surface area contributed by atoms with E-state index < -0.39 is 0 Å². The van der Waals surface area contributed by atoms with Crippen molar-refractivity contribution in [1.29, 1.82) is 0 Å². The van der Waals surface area contributed by atoms with Gasteiger partial charge in [-0.25, -0.2) is 9.97 Å². The largest absolute Gasteiger partial charge is 0.369 e. The Morgan fingerprint density at radius 1 is 1.47 bits per heavy atom. The Morgan fingerprint density at radius 2 is 2.35 bits per heavy atom. The first-order chi connectivity index (χ1) is 8.24. The van der Waals surface area contributed by atoms with E-state index in [2.05, 4.69) is 42.7 Å². The van der Waals surface area contributed by atoms with Gasteiger partial charge in [-0.15, -0.1) is 0 Å². The van der Waals surface area contributed by atoms with Crippen LogP contribution in [0.5, 0.6) is 0 Å². The number of fused-ring (bicyclic) bond motifs is 1. The molecular formula is C11H9BrN4S. The fourth-order valence-corrected chi connectivity index (χ4v) is 2.70. The molecule has 3 aromatic heterocycles. The molecule has 0 aliphatic rings. The number of hydrogen-bond donors (Lipinski definition) is 1. The van der Waals surface area contributed by atoms with E-state index in [0.717, 1.165) is 15.6 Å². The molecule has 0 aliphatic carbocycles. The SMILES string of the molecule is Nc1nc2cc(Br)cnc2n1Cc1ccsc1. The zero-order valence-corrected chi connectivity index (χ0v) is 11.2. The molecule has 86 valence electrons. The quantitative estimate of drug-likeness (QED) is 0.792. The van der Waals surface area contributed by atoms with Crippen molar-refractivity contribution in [2.45, 2.75) is 6.54 Å². The Morgan fingerprint density at radius 3 is 3.12 bits per heavy atom. The van der Waals surface area contributed by atoms with Crippen LogP contribution in [0.1, 0.15) is 5.56 Å². The summed E-state index contributed by atoms with van der Waals surface area (Å²) in [6.07, 6.45) is 1.76. The monoisotopic (exact) mass is 308 g/mol. The number of halogens is 1. The van der Waals surface area contributed by atoms with Crippen LogP contribution >= 0.6 is 27.3 Å². The topological polar surface area (TPSA) is 56.7 Å². The van der Waals surface area contributed by atoms with E-state index in [1.165, 1.54) is 5.56 Å².